The van der Waals surface area contributed by atoms with Crippen LogP contribution in [0, 0.1) is 5.92 Å². The van der Waals surface area contributed by atoms with Crippen LogP contribution in [0.15, 0.2) is 30.3 Å². The lowest BCUT2D eigenvalue weighted by atomic mass is 10.0. The highest BCUT2D eigenvalue weighted by molar-refractivity contribution is 5.88. The third-order valence-electron chi connectivity index (χ3n) is 5.02. The van der Waals surface area contributed by atoms with Crippen molar-refractivity contribution in [3.05, 3.63) is 35.9 Å². The van der Waals surface area contributed by atoms with Crippen molar-refractivity contribution in [2.24, 2.45) is 5.92 Å². The number of nitrogens with zero attached hydrogens (tertiary/aromatic N) is 2. The van der Waals surface area contributed by atoms with Crippen molar-refractivity contribution in [1.82, 2.24) is 20.4 Å². The van der Waals surface area contributed by atoms with Gasteiger partial charge in [0.1, 0.15) is 0 Å². The number of carbonyl (C=O) groups excluding carboxylic acids is 3. The smallest absolute Gasteiger partial charge is 0.234 e. The van der Waals surface area contributed by atoms with Gasteiger partial charge in [0.2, 0.25) is 11.8 Å². The Bertz CT molecular complexity index is 670. The summed E-state index contributed by atoms with van der Waals surface area (Å²) in [6.45, 7) is 9.98. The van der Waals surface area contributed by atoms with Gasteiger partial charge in [0.05, 0.1) is 19.1 Å². The van der Waals surface area contributed by atoms with Gasteiger partial charge in [0.15, 0.2) is 5.78 Å². The van der Waals surface area contributed by atoms with Crippen molar-refractivity contribution in [1.29, 1.82) is 0 Å². The van der Waals surface area contributed by atoms with Gasteiger partial charge in [-0.15, -0.1) is 0 Å². The predicted octanol–water partition coefficient (Wildman–Crippen LogP) is 0.693. The number of ketones is 1. The number of rotatable bonds is 10. The van der Waals surface area contributed by atoms with E-state index < -0.39 is 6.04 Å². The molecule has 1 unspecified atom stereocenters. The van der Waals surface area contributed by atoms with Crippen LogP contribution in [0.1, 0.15) is 26.3 Å². The Morgan fingerprint density at radius 1 is 0.931 bits per heavy atom. The third-order valence-corrected chi connectivity index (χ3v) is 5.02. The first-order chi connectivity index (χ1) is 13.8. The fourth-order valence-corrected chi connectivity index (χ4v) is 3.27. The molecule has 7 heteroatoms. The zero-order valence-corrected chi connectivity index (χ0v) is 17.8. The molecule has 1 fully saturated rings. The molecule has 0 aromatic heterocycles. The van der Waals surface area contributed by atoms with Crippen LogP contribution in [0.4, 0.5) is 0 Å². The van der Waals surface area contributed by atoms with Crippen molar-refractivity contribution < 1.29 is 14.4 Å². The molecule has 1 aromatic carbocycles. The molecule has 1 atom stereocenters. The molecule has 29 heavy (non-hydrogen) atoms. The second-order valence-electron chi connectivity index (χ2n) is 8.17. The number of carbonyl (C=O) groups is 3. The first-order valence-electron chi connectivity index (χ1n) is 10.4. The SMILES string of the molecule is CC(=O)C(Cc1ccccc1)NC(=O)CN1CCN(CC(=O)NCC(C)C)CC1. The molecule has 1 heterocycles. The number of Topliss-reactive ketones (excluding diaryl/α,β-unsaturated/α-hetero) is 1. The van der Waals surface area contributed by atoms with Gasteiger partial charge in [0, 0.05) is 32.7 Å². The van der Waals surface area contributed by atoms with Crippen molar-refractivity contribution >= 4 is 17.6 Å². The zero-order chi connectivity index (χ0) is 21.2. The molecule has 0 bridgehead atoms. The molecule has 1 aromatic rings. The monoisotopic (exact) mass is 402 g/mol. The molecular formula is C22H34N4O3. The number of nitrogens with one attached hydrogen (secondary N) is 2. The second kappa shape index (κ2) is 11.7. The molecule has 0 radical (unpaired) electrons. The summed E-state index contributed by atoms with van der Waals surface area (Å²) >= 11 is 0. The molecular weight excluding hydrogens is 368 g/mol. The van der Waals surface area contributed by atoms with Crippen molar-refractivity contribution in [3.8, 4) is 0 Å². The molecule has 0 aliphatic carbocycles. The zero-order valence-electron chi connectivity index (χ0n) is 17.8. The number of benzene rings is 1. The Morgan fingerprint density at radius 3 is 2.00 bits per heavy atom. The molecule has 2 rings (SSSR count). The standard InChI is InChI=1S/C22H34N4O3/c1-17(2)14-23-21(28)15-25-9-11-26(12-10-25)16-22(29)24-20(18(3)27)13-19-7-5-4-6-8-19/h4-8,17,20H,9-16H2,1-3H3,(H,23,28)(H,24,29). The van der Waals surface area contributed by atoms with E-state index in [-0.39, 0.29) is 24.1 Å². The third kappa shape index (κ3) is 8.75. The average molecular weight is 403 g/mol. The maximum atomic E-state index is 12.4. The molecule has 0 saturated carbocycles. The number of hydrogen-bond acceptors (Lipinski definition) is 5. The van der Waals surface area contributed by atoms with Gasteiger partial charge < -0.3 is 10.6 Å². The van der Waals surface area contributed by atoms with Crippen molar-refractivity contribution in [2.45, 2.75) is 33.2 Å². The van der Waals surface area contributed by atoms with Crippen molar-refractivity contribution in [3.63, 3.8) is 0 Å². The van der Waals surface area contributed by atoms with E-state index in [1.807, 2.05) is 30.3 Å². The summed E-state index contributed by atoms with van der Waals surface area (Å²) in [6, 6.07) is 9.19. The van der Waals surface area contributed by atoms with E-state index in [0.29, 0.717) is 25.4 Å². The summed E-state index contributed by atoms with van der Waals surface area (Å²) in [6.07, 6.45) is 0.501. The van der Waals surface area contributed by atoms with E-state index in [0.717, 1.165) is 31.7 Å². The largest absolute Gasteiger partial charge is 0.355 e. The van der Waals surface area contributed by atoms with Gasteiger partial charge in [-0.1, -0.05) is 44.2 Å². The fraction of sp³-hybridized carbons (Fsp3) is 0.591. The highest BCUT2D eigenvalue weighted by atomic mass is 16.2. The van der Waals surface area contributed by atoms with E-state index in [4.69, 9.17) is 0 Å². The topological polar surface area (TPSA) is 81.8 Å². The Hall–Kier alpha value is -2.25. The van der Waals surface area contributed by atoms with Crippen LogP contribution < -0.4 is 10.6 Å². The van der Waals surface area contributed by atoms with Crippen LogP contribution in [-0.2, 0) is 20.8 Å². The van der Waals surface area contributed by atoms with E-state index in [9.17, 15) is 14.4 Å². The van der Waals surface area contributed by atoms with Crippen molar-refractivity contribution in [2.75, 3.05) is 45.8 Å². The Kier molecular flexibility index (Phi) is 9.28. The van der Waals surface area contributed by atoms with Gasteiger partial charge in [-0.2, -0.15) is 0 Å². The lowest BCUT2D eigenvalue weighted by molar-refractivity contribution is -0.128. The van der Waals surface area contributed by atoms with Gasteiger partial charge in [-0.3, -0.25) is 24.2 Å². The van der Waals surface area contributed by atoms with Gasteiger partial charge in [-0.05, 0) is 24.8 Å². The van der Waals surface area contributed by atoms with Gasteiger partial charge in [-0.25, -0.2) is 0 Å². The van der Waals surface area contributed by atoms with E-state index in [1.54, 1.807) is 0 Å². The first kappa shape index (κ1) is 23.0. The quantitative estimate of drug-likeness (QED) is 0.602. The van der Waals surface area contributed by atoms with Crippen LogP contribution in [0.3, 0.4) is 0 Å². The molecule has 7 nitrogen and oxygen atoms in total. The normalized spacial score (nSPS) is 16.4. The van der Waals surface area contributed by atoms with Gasteiger partial charge in [0.25, 0.3) is 0 Å². The van der Waals surface area contributed by atoms with Crippen LogP contribution >= 0.6 is 0 Å². The summed E-state index contributed by atoms with van der Waals surface area (Å²) in [5.74, 6) is 0.314. The maximum Gasteiger partial charge on any atom is 0.234 e. The molecule has 0 spiro atoms. The summed E-state index contributed by atoms with van der Waals surface area (Å²) in [7, 11) is 0. The van der Waals surface area contributed by atoms with Crippen LogP contribution in [0.5, 0.6) is 0 Å². The predicted molar refractivity (Wildman–Crippen MR) is 113 cm³/mol. The van der Waals surface area contributed by atoms with Gasteiger partial charge >= 0.3 is 0 Å². The van der Waals surface area contributed by atoms with E-state index >= 15 is 0 Å². The van der Waals surface area contributed by atoms with E-state index in [2.05, 4.69) is 34.3 Å². The second-order valence-corrected chi connectivity index (χ2v) is 8.17. The minimum Gasteiger partial charge on any atom is -0.355 e. The number of piperazine rings is 1. The Balaban J connectivity index is 1.72. The molecule has 1 saturated heterocycles. The highest BCUT2D eigenvalue weighted by Gasteiger charge is 2.23. The lowest BCUT2D eigenvalue weighted by Gasteiger charge is -2.34. The Morgan fingerprint density at radius 2 is 1.48 bits per heavy atom. The molecule has 1 aliphatic rings. The minimum absolute atomic E-state index is 0.0422. The summed E-state index contributed by atoms with van der Waals surface area (Å²) in [5, 5.41) is 5.81. The van der Waals surface area contributed by atoms with Crippen LogP contribution in [0.2, 0.25) is 0 Å². The maximum absolute atomic E-state index is 12.4. The average Bonchev–Trinajstić information content (AvgIpc) is 2.68. The lowest BCUT2D eigenvalue weighted by Crippen LogP contribution is -2.53. The number of amides is 2. The van der Waals surface area contributed by atoms with E-state index in [1.165, 1.54) is 6.92 Å². The Labute approximate surface area is 173 Å². The summed E-state index contributed by atoms with van der Waals surface area (Å²) in [5.41, 5.74) is 1.03. The van der Waals surface area contributed by atoms with Crippen LogP contribution in [0.25, 0.3) is 0 Å². The summed E-state index contributed by atoms with van der Waals surface area (Å²) in [4.78, 5) is 40.5. The number of hydrogen-bond donors (Lipinski definition) is 2. The fourth-order valence-electron chi connectivity index (χ4n) is 3.27. The summed E-state index contributed by atoms with van der Waals surface area (Å²) < 4.78 is 0. The molecule has 1 aliphatic heterocycles. The molecule has 2 N–H and O–H groups in total. The van der Waals surface area contributed by atoms with Crippen LogP contribution in [-0.4, -0.2) is 79.3 Å². The highest BCUT2D eigenvalue weighted by Crippen LogP contribution is 2.05. The first-order valence-corrected chi connectivity index (χ1v) is 10.4. The minimum atomic E-state index is -0.504. The molecule has 160 valence electrons. The molecule has 2 amide bonds.